The maximum atomic E-state index is 11.9. The highest BCUT2D eigenvalue weighted by atomic mass is 16.5. The van der Waals surface area contributed by atoms with E-state index in [0.717, 1.165) is 0 Å². The molecule has 0 radical (unpaired) electrons. The number of furan rings is 1. The normalized spacial score (nSPS) is 11.7. The van der Waals surface area contributed by atoms with E-state index in [4.69, 9.17) is 13.9 Å². The van der Waals surface area contributed by atoms with Gasteiger partial charge in [-0.1, -0.05) is 12.1 Å². The summed E-state index contributed by atoms with van der Waals surface area (Å²) < 4.78 is 16.2. The molecule has 1 aromatic carbocycles. The van der Waals surface area contributed by atoms with Gasteiger partial charge >= 0.3 is 0 Å². The number of carbonyl (C=O) groups is 1. The molecular weight excluding hydrogens is 270 g/mol. The summed E-state index contributed by atoms with van der Waals surface area (Å²) in [4.78, 5) is 11.9. The first-order chi connectivity index (χ1) is 10.2. The Kier molecular flexibility index (Phi) is 5.26. The molecule has 1 N–H and O–H groups in total. The number of para-hydroxylation sites is 2. The van der Waals surface area contributed by atoms with Gasteiger partial charge in [0.05, 0.1) is 18.9 Å². The van der Waals surface area contributed by atoms with Crippen LogP contribution in [0, 0.1) is 0 Å². The minimum Gasteiger partial charge on any atom is -0.490 e. The van der Waals surface area contributed by atoms with Gasteiger partial charge in [-0.15, -0.1) is 0 Å². The molecule has 5 nitrogen and oxygen atoms in total. The molecule has 0 bridgehead atoms. The molecule has 1 heterocycles. The molecule has 0 saturated carbocycles. The molecule has 0 saturated heterocycles. The van der Waals surface area contributed by atoms with Crippen molar-refractivity contribution in [3.8, 4) is 11.5 Å². The van der Waals surface area contributed by atoms with Crippen molar-refractivity contribution in [1.29, 1.82) is 0 Å². The summed E-state index contributed by atoms with van der Waals surface area (Å²) in [5.74, 6) is 1.68. The Bertz CT molecular complexity index is 565. The predicted molar refractivity (Wildman–Crippen MR) is 78.4 cm³/mol. The quantitative estimate of drug-likeness (QED) is 0.851. The Morgan fingerprint density at radius 1 is 1.19 bits per heavy atom. The summed E-state index contributed by atoms with van der Waals surface area (Å²) in [6.45, 7) is 4.22. The zero-order chi connectivity index (χ0) is 15.1. The van der Waals surface area contributed by atoms with E-state index in [-0.39, 0.29) is 18.6 Å². The fourth-order valence-corrected chi connectivity index (χ4v) is 1.88. The lowest BCUT2D eigenvalue weighted by atomic mass is 10.2. The van der Waals surface area contributed by atoms with Crippen LogP contribution in [0.25, 0.3) is 0 Å². The highest BCUT2D eigenvalue weighted by Gasteiger charge is 2.13. The molecule has 0 spiro atoms. The SMILES string of the molecule is CCOc1ccccc1OCC(=O)N[C@H](C)c1ccco1. The Morgan fingerprint density at radius 2 is 1.90 bits per heavy atom. The van der Waals surface area contributed by atoms with E-state index in [1.54, 1.807) is 18.4 Å². The van der Waals surface area contributed by atoms with Crippen molar-refractivity contribution in [2.75, 3.05) is 13.2 Å². The standard InChI is InChI=1S/C16H19NO4/c1-3-19-14-7-4-5-8-15(14)21-11-16(18)17-12(2)13-9-6-10-20-13/h4-10,12H,3,11H2,1-2H3,(H,17,18)/t12-/m1/s1. The average Bonchev–Trinajstić information content (AvgIpc) is 3.01. The van der Waals surface area contributed by atoms with Gasteiger partial charge < -0.3 is 19.2 Å². The van der Waals surface area contributed by atoms with E-state index in [2.05, 4.69) is 5.32 Å². The predicted octanol–water partition coefficient (Wildman–Crippen LogP) is 2.93. The first-order valence-corrected chi connectivity index (χ1v) is 6.88. The van der Waals surface area contributed by atoms with Crippen LogP contribution in [0.4, 0.5) is 0 Å². The molecule has 21 heavy (non-hydrogen) atoms. The van der Waals surface area contributed by atoms with Gasteiger partial charge in [0.15, 0.2) is 18.1 Å². The first-order valence-electron chi connectivity index (χ1n) is 6.88. The van der Waals surface area contributed by atoms with E-state index in [1.165, 1.54) is 0 Å². The maximum Gasteiger partial charge on any atom is 0.258 e. The lowest BCUT2D eigenvalue weighted by molar-refractivity contribution is -0.123. The third-order valence-electron chi connectivity index (χ3n) is 2.86. The molecule has 1 atom stereocenters. The third-order valence-corrected chi connectivity index (χ3v) is 2.86. The topological polar surface area (TPSA) is 60.7 Å². The number of rotatable bonds is 7. The van der Waals surface area contributed by atoms with Crippen LogP contribution in [-0.2, 0) is 4.79 Å². The molecule has 0 unspecified atom stereocenters. The Hall–Kier alpha value is -2.43. The fourth-order valence-electron chi connectivity index (χ4n) is 1.88. The lowest BCUT2D eigenvalue weighted by Gasteiger charge is -2.14. The van der Waals surface area contributed by atoms with Crippen molar-refractivity contribution in [2.45, 2.75) is 19.9 Å². The number of hydrogen-bond acceptors (Lipinski definition) is 4. The van der Waals surface area contributed by atoms with Crippen LogP contribution in [0.15, 0.2) is 47.1 Å². The van der Waals surface area contributed by atoms with Crippen molar-refractivity contribution in [3.05, 3.63) is 48.4 Å². The van der Waals surface area contributed by atoms with Crippen LogP contribution in [0.2, 0.25) is 0 Å². The Morgan fingerprint density at radius 3 is 2.52 bits per heavy atom. The Balaban J connectivity index is 1.86. The molecule has 0 aliphatic rings. The van der Waals surface area contributed by atoms with Gasteiger partial charge in [-0.2, -0.15) is 0 Å². The molecule has 112 valence electrons. The van der Waals surface area contributed by atoms with Crippen molar-refractivity contribution in [1.82, 2.24) is 5.32 Å². The van der Waals surface area contributed by atoms with Gasteiger partial charge in [0.25, 0.3) is 5.91 Å². The highest BCUT2D eigenvalue weighted by Crippen LogP contribution is 2.26. The minimum absolute atomic E-state index is 0.0743. The van der Waals surface area contributed by atoms with Gasteiger partial charge in [0.2, 0.25) is 0 Å². The largest absolute Gasteiger partial charge is 0.490 e. The summed E-state index contributed by atoms with van der Waals surface area (Å²) in [5.41, 5.74) is 0. The van der Waals surface area contributed by atoms with Crippen LogP contribution >= 0.6 is 0 Å². The number of nitrogens with one attached hydrogen (secondary N) is 1. The number of carbonyl (C=O) groups excluding carboxylic acids is 1. The van der Waals surface area contributed by atoms with Gasteiger partial charge in [-0.25, -0.2) is 0 Å². The van der Waals surface area contributed by atoms with E-state index in [0.29, 0.717) is 23.9 Å². The van der Waals surface area contributed by atoms with Crippen LogP contribution in [0.5, 0.6) is 11.5 Å². The van der Waals surface area contributed by atoms with Crippen molar-refractivity contribution >= 4 is 5.91 Å². The number of ether oxygens (including phenoxy) is 2. The van der Waals surface area contributed by atoms with Crippen LogP contribution in [-0.4, -0.2) is 19.1 Å². The minimum atomic E-state index is -0.217. The zero-order valence-electron chi connectivity index (χ0n) is 12.2. The molecule has 0 fully saturated rings. The summed E-state index contributed by atoms with van der Waals surface area (Å²) in [5, 5.41) is 2.81. The average molecular weight is 289 g/mol. The smallest absolute Gasteiger partial charge is 0.258 e. The monoisotopic (exact) mass is 289 g/mol. The summed E-state index contributed by atoms with van der Waals surface area (Å²) in [7, 11) is 0. The van der Waals surface area contributed by atoms with Gasteiger partial charge in [-0.05, 0) is 38.1 Å². The third kappa shape index (κ3) is 4.27. The van der Waals surface area contributed by atoms with Gasteiger partial charge in [0.1, 0.15) is 5.76 Å². The lowest BCUT2D eigenvalue weighted by Crippen LogP contribution is -2.31. The van der Waals surface area contributed by atoms with Crippen LogP contribution in [0.3, 0.4) is 0 Å². The molecular formula is C16H19NO4. The van der Waals surface area contributed by atoms with E-state index in [1.807, 2.05) is 38.1 Å². The van der Waals surface area contributed by atoms with Crippen LogP contribution < -0.4 is 14.8 Å². The zero-order valence-corrected chi connectivity index (χ0v) is 12.2. The highest BCUT2D eigenvalue weighted by molar-refractivity contribution is 5.78. The molecule has 2 aromatic rings. The fraction of sp³-hybridized carbons (Fsp3) is 0.312. The summed E-state index contributed by atoms with van der Waals surface area (Å²) >= 11 is 0. The first kappa shape index (κ1) is 15.0. The van der Waals surface area contributed by atoms with Crippen molar-refractivity contribution in [2.24, 2.45) is 0 Å². The molecule has 2 rings (SSSR count). The number of hydrogen-bond donors (Lipinski definition) is 1. The Labute approximate surface area is 123 Å². The van der Waals surface area contributed by atoms with E-state index < -0.39 is 0 Å². The summed E-state index contributed by atoms with van der Waals surface area (Å²) in [6.07, 6.45) is 1.58. The second-order valence-electron chi connectivity index (χ2n) is 4.47. The number of amides is 1. The molecule has 5 heteroatoms. The van der Waals surface area contributed by atoms with Gasteiger partial charge in [0, 0.05) is 0 Å². The van der Waals surface area contributed by atoms with E-state index in [9.17, 15) is 4.79 Å². The summed E-state index contributed by atoms with van der Waals surface area (Å²) in [6, 6.07) is 10.7. The maximum absolute atomic E-state index is 11.9. The second kappa shape index (κ2) is 7.38. The van der Waals surface area contributed by atoms with Gasteiger partial charge in [-0.3, -0.25) is 4.79 Å². The molecule has 0 aliphatic carbocycles. The molecule has 0 aliphatic heterocycles. The molecule has 1 amide bonds. The van der Waals surface area contributed by atoms with Crippen LogP contribution in [0.1, 0.15) is 25.6 Å². The molecule has 1 aromatic heterocycles. The number of benzene rings is 1. The second-order valence-corrected chi connectivity index (χ2v) is 4.47. The van der Waals surface area contributed by atoms with Crippen molar-refractivity contribution in [3.63, 3.8) is 0 Å². The van der Waals surface area contributed by atoms with E-state index >= 15 is 0 Å². The van der Waals surface area contributed by atoms with Crippen molar-refractivity contribution < 1.29 is 18.7 Å².